The fourth-order valence-electron chi connectivity index (χ4n) is 5.95. The number of hydrogen-bond acceptors (Lipinski definition) is 4. The molecule has 5 nitrogen and oxygen atoms in total. The van der Waals surface area contributed by atoms with Crippen molar-refractivity contribution in [1.82, 2.24) is 20.1 Å². The summed E-state index contributed by atoms with van der Waals surface area (Å²) < 4.78 is 2.11. The standard InChI is InChI=1S/C18H25ClN4OS/c19-18-6-12-3-13(7-18)5-17(4-12,9-18)10-20-15(24)8-25-16-22-21-11-23(16)14-1-2-14/h11-14H,1-10H2,(H,20,24)/t12-,13-,17?,18?/m1/s1. The smallest absolute Gasteiger partial charge is 0.230 e. The van der Waals surface area contributed by atoms with E-state index in [0.29, 0.717) is 11.8 Å². The second-order valence-corrected chi connectivity index (χ2v) is 10.7. The average molecular weight is 381 g/mol. The Bertz CT molecular complexity index is 674. The lowest BCUT2D eigenvalue weighted by Gasteiger charge is -2.60. The van der Waals surface area contributed by atoms with Crippen LogP contribution in [0.4, 0.5) is 0 Å². The molecule has 0 aliphatic heterocycles. The first-order valence-corrected chi connectivity index (χ1v) is 10.9. The maximum absolute atomic E-state index is 12.4. The Morgan fingerprint density at radius 1 is 1.32 bits per heavy atom. The summed E-state index contributed by atoms with van der Waals surface area (Å²) in [6.45, 7) is 0.795. The van der Waals surface area contributed by atoms with Crippen molar-refractivity contribution in [2.75, 3.05) is 12.3 Å². The van der Waals surface area contributed by atoms with Crippen molar-refractivity contribution >= 4 is 29.3 Å². The van der Waals surface area contributed by atoms with E-state index >= 15 is 0 Å². The number of halogens is 1. The Labute approximate surface area is 157 Å². The number of nitrogens with zero attached hydrogens (tertiary/aromatic N) is 3. The molecule has 5 aliphatic rings. The highest BCUT2D eigenvalue weighted by atomic mass is 35.5. The molecule has 1 N–H and O–H groups in total. The summed E-state index contributed by atoms with van der Waals surface area (Å²) in [6, 6.07) is 0.549. The van der Waals surface area contributed by atoms with Gasteiger partial charge in [0.15, 0.2) is 5.16 Å². The van der Waals surface area contributed by atoms with Crippen molar-refractivity contribution in [2.24, 2.45) is 17.3 Å². The molecule has 5 fully saturated rings. The SMILES string of the molecule is O=C(CSc1nncn1C1CC1)NCC12C[C@H]3C[C@@H](CC(Cl)(C3)C1)C2. The first-order chi connectivity index (χ1) is 12.0. The third-order valence-corrected chi connectivity index (χ3v) is 7.98. The highest BCUT2D eigenvalue weighted by molar-refractivity contribution is 7.99. The molecular weight excluding hydrogens is 356 g/mol. The van der Waals surface area contributed by atoms with Crippen LogP contribution in [-0.2, 0) is 4.79 Å². The van der Waals surface area contributed by atoms with Gasteiger partial charge in [0.05, 0.1) is 5.75 Å². The molecule has 25 heavy (non-hydrogen) atoms. The van der Waals surface area contributed by atoms with Gasteiger partial charge in [-0.05, 0) is 68.6 Å². The third-order valence-electron chi connectivity index (χ3n) is 6.58. The van der Waals surface area contributed by atoms with Crippen molar-refractivity contribution in [3.63, 3.8) is 0 Å². The predicted octanol–water partition coefficient (Wildman–Crippen LogP) is 3.40. The van der Waals surface area contributed by atoms with E-state index < -0.39 is 0 Å². The summed E-state index contributed by atoms with van der Waals surface area (Å²) in [5.74, 6) is 2.08. The molecule has 2 atom stereocenters. The number of hydrogen-bond donors (Lipinski definition) is 1. The zero-order valence-corrected chi connectivity index (χ0v) is 16.0. The first kappa shape index (κ1) is 16.4. The number of carbonyl (C=O) groups excluding carboxylic acids is 1. The van der Waals surface area contributed by atoms with Gasteiger partial charge in [0.2, 0.25) is 5.91 Å². The van der Waals surface area contributed by atoms with Gasteiger partial charge in [0.25, 0.3) is 0 Å². The van der Waals surface area contributed by atoms with Crippen molar-refractivity contribution in [3.8, 4) is 0 Å². The quantitative estimate of drug-likeness (QED) is 0.607. The third kappa shape index (κ3) is 3.20. The van der Waals surface area contributed by atoms with E-state index in [1.54, 1.807) is 6.33 Å². The Hall–Kier alpha value is -0.750. The topological polar surface area (TPSA) is 59.8 Å². The van der Waals surface area contributed by atoms with Gasteiger partial charge in [-0.15, -0.1) is 21.8 Å². The molecule has 0 saturated heterocycles. The Kier molecular flexibility index (Phi) is 3.86. The number of thioether (sulfide) groups is 1. The van der Waals surface area contributed by atoms with E-state index in [2.05, 4.69) is 20.1 Å². The number of aromatic nitrogens is 3. The van der Waals surface area contributed by atoms with E-state index in [-0.39, 0.29) is 16.2 Å². The second kappa shape index (κ2) is 5.88. The minimum Gasteiger partial charge on any atom is -0.355 e. The van der Waals surface area contributed by atoms with E-state index in [1.165, 1.54) is 56.7 Å². The maximum Gasteiger partial charge on any atom is 0.230 e. The molecule has 5 aliphatic carbocycles. The van der Waals surface area contributed by atoms with Gasteiger partial charge in [-0.1, -0.05) is 11.8 Å². The van der Waals surface area contributed by atoms with Crippen LogP contribution in [0.5, 0.6) is 0 Å². The molecule has 1 heterocycles. The van der Waals surface area contributed by atoms with Crippen LogP contribution in [0.1, 0.15) is 57.4 Å². The molecule has 1 aromatic rings. The molecule has 0 spiro atoms. The van der Waals surface area contributed by atoms with Crippen LogP contribution in [0.2, 0.25) is 0 Å². The zero-order valence-electron chi connectivity index (χ0n) is 14.4. The maximum atomic E-state index is 12.4. The lowest BCUT2D eigenvalue weighted by atomic mass is 9.49. The first-order valence-electron chi connectivity index (χ1n) is 9.51. The lowest BCUT2D eigenvalue weighted by Crippen LogP contribution is -2.56. The van der Waals surface area contributed by atoms with Crippen molar-refractivity contribution in [2.45, 2.75) is 67.4 Å². The van der Waals surface area contributed by atoms with Gasteiger partial charge < -0.3 is 9.88 Å². The number of alkyl halides is 1. The summed E-state index contributed by atoms with van der Waals surface area (Å²) in [5.41, 5.74) is 0.250. The molecule has 7 heteroatoms. The van der Waals surface area contributed by atoms with E-state index in [0.717, 1.165) is 30.0 Å². The normalized spacial score (nSPS) is 38.9. The Morgan fingerprint density at radius 3 is 2.76 bits per heavy atom. The summed E-state index contributed by atoms with van der Waals surface area (Å²) in [6.07, 6.45) is 11.5. The lowest BCUT2D eigenvalue weighted by molar-refractivity contribution is -0.120. The molecule has 6 rings (SSSR count). The van der Waals surface area contributed by atoms with E-state index in [4.69, 9.17) is 11.6 Å². The van der Waals surface area contributed by atoms with Gasteiger partial charge in [-0.2, -0.15) is 0 Å². The van der Waals surface area contributed by atoms with Crippen LogP contribution in [-0.4, -0.2) is 37.8 Å². The zero-order chi connectivity index (χ0) is 17.1. The summed E-state index contributed by atoms with van der Waals surface area (Å²) >= 11 is 8.38. The number of amides is 1. The van der Waals surface area contributed by atoms with Crippen LogP contribution in [0.3, 0.4) is 0 Å². The van der Waals surface area contributed by atoms with Crippen LogP contribution in [0, 0.1) is 17.3 Å². The molecule has 136 valence electrons. The van der Waals surface area contributed by atoms with E-state index in [9.17, 15) is 4.79 Å². The highest BCUT2D eigenvalue weighted by Crippen LogP contribution is 2.63. The van der Waals surface area contributed by atoms with Crippen LogP contribution < -0.4 is 5.32 Å². The second-order valence-electron chi connectivity index (χ2n) is 8.93. The predicted molar refractivity (Wildman–Crippen MR) is 97.7 cm³/mol. The van der Waals surface area contributed by atoms with Crippen molar-refractivity contribution in [1.29, 1.82) is 0 Å². The van der Waals surface area contributed by atoms with Gasteiger partial charge >= 0.3 is 0 Å². The molecule has 1 aromatic heterocycles. The number of nitrogens with one attached hydrogen (secondary N) is 1. The van der Waals surface area contributed by atoms with Gasteiger partial charge in [0, 0.05) is 17.5 Å². The summed E-state index contributed by atoms with van der Waals surface area (Å²) in [4.78, 5) is 12.4. The largest absolute Gasteiger partial charge is 0.355 e. The van der Waals surface area contributed by atoms with Crippen molar-refractivity contribution < 1.29 is 4.79 Å². The molecule has 0 radical (unpaired) electrons. The van der Waals surface area contributed by atoms with Gasteiger partial charge in [-0.3, -0.25) is 4.79 Å². The fraction of sp³-hybridized carbons (Fsp3) is 0.833. The Balaban J connectivity index is 1.16. The monoisotopic (exact) mass is 380 g/mol. The minimum absolute atomic E-state index is 0.0181. The average Bonchev–Trinajstić information content (AvgIpc) is 3.27. The summed E-state index contributed by atoms with van der Waals surface area (Å²) in [7, 11) is 0. The summed E-state index contributed by atoms with van der Waals surface area (Å²) in [5, 5.41) is 12.2. The Morgan fingerprint density at radius 2 is 2.08 bits per heavy atom. The molecule has 1 amide bonds. The molecular formula is C18H25ClN4OS. The van der Waals surface area contributed by atoms with Crippen LogP contribution in [0.25, 0.3) is 0 Å². The minimum atomic E-state index is 0.0181. The van der Waals surface area contributed by atoms with Crippen molar-refractivity contribution in [3.05, 3.63) is 6.33 Å². The van der Waals surface area contributed by atoms with Crippen LogP contribution in [0.15, 0.2) is 11.5 Å². The van der Waals surface area contributed by atoms with Gasteiger partial charge in [0.1, 0.15) is 6.33 Å². The molecule has 0 unspecified atom stereocenters. The highest BCUT2D eigenvalue weighted by Gasteiger charge is 2.56. The molecule has 5 saturated carbocycles. The number of carbonyl (C=O) groups is 1. The fourth-order valence-corrected chi connectivity index (χ4v) is 7.48. The molecule has 0 aromatic carbocycles. The van der Waals surface area contributed by atoms with E-state index in [1.807, 2.05) is 0 Å². The van der Waals surface area contributed by atoms with Gasteiger partial charge in [-0.25, -0.2) is 0 Å². The van der Waals surface area contributed by atoms with Crippen LogP contribution >= 0.6 is 23.4 Å². The molecule has 4 bridgehead atoms. The number of rotatable bonds is 6.